The first kappa shape index (κ1) is 19.4. The number of benzene rings is 2. The molecule has 0 heterocycles. The second kappa shape index (κ2) is 8.47. The van der Waals surface area contributed by atoms with Gasteiger partial charge in [-0.05, 0) is 29.8 Å². The summed E-state index contributed by atoms with van der Waals surface area (Å²) in [6.45, 7) is -0.305. The van der Waals surface area contributed by atoms with Crippen molar-refractivity contribution in [3.05, 3.63) is 59.7 Å². The molecule has 0 bridgehead atoms. The molecule has 0 atom stereocenters. The topological polar surface area (TPSA) is 99.5 Å². The highest BCUT2D eigenvalue weighted by molar-refractivity contribution is 7.88. The Hall–Kier alpha value is -2.89. The summed E-state index contributed by atoms with van der Waals surface area (Å²) >= 11 is 0. The monoisotopic (exact) mass is 373 g/mol. The van der Waals surface area contributed by atoms with E-state index in [1.165, 1.54) is 0 Å². The number of nitrogens with one attached hydrogen (secondary N) is 1. The number of hydrogen-bond donors (Lipinski definition) is 1. The summed E-state index contributed by atoms with van der Waals surface area (Å²) in [5.74, 6) is 0.136. The third kappa shape index (κ3) is 5.31. The zero-order chi connectivity index (χ0) is 19.2. The molecule has 2 aromatic carbocycles. The zero-order valence-electron chi connectivity index (χ0n) is 14.5. The molecule has 2 rings (SSSR count). The molecule has 0 fully saturated rings. The Balaban J connectivity index is 2.12. The molecule has 0 radical (unpaired) electrons. The van der Waals surface area contributed by atoms with Crippen LogP contribution in [0.2, 0.25) is 0 Å². The number of carbonyl (C=O) groups is 1. The summed E-state index contributed by atoms with van der Waals surface area (Å²) < 4.78 is 30.2. The van der Waals surface area contributed by atoms with Crippen LogP contribution in [-0.4, -0.2) is 38.5 Å². The molecule has 136 valence electrons. The number of sulfonamides is 1. The van der Waals surface area contributed by atoms with Crippen LogP contribution < -0.4 is 10.1 Å². The van der Waals surface area contributed by atoms with Gasteiger partial charge in [0, 0.05) is 6.54 Å². The van der Waals surface area contributed by atoms with Gasteiger partial charge in [0.25, 0.3) is 0 Å². The lowest BCUT2D eigenvalue weighted by Crippen LogP contribution is -2.37. The number of carbonyl (C=O) groups excluding carboxylic acids is 1. The van der Waals surface area contributed by atoms with Crippen LogP contribution in [0.4, 0.5) is 5.69 Å². The Bertz CT molecular complexity index is 918. The minimum atomic E-state index is -3.61. The van der Waals surface area contributed by atoms with Crippen molar-refractivity contribution in [2.75, 3.05) is 25.2 Å². The van der Waals surface area contributed by atoms with E-state index in [9.17, 15) is 13.2 Å². The number of nitrogens with zero attached hydrogens (tertiary/aromatic N) is 2. The highest BCUT2D eigenvalue weighted by atomic mass is 32.2. The molecule has 0 saturated heterocycles. The standard InChI is InChI=1S/C18H19N3O4S/c1-25-16-9-7-14(8-10-16)12-21(26(2,23)24)13-18(22)20-17-6-4-3-5-15(17)11-19/h3-10H,12-13H2,1-2H3,(H,20,22). The summed E-state index contributed by atoms with van der Waals surface area (Å²) in [5.41, 5.74) is 1.38. The van der Waals surface area contributed by atoms with Gasteiger partial charge in [-0.15, -0.1) is 0 Å². The molecule has 2 aromatic rings. The maximum absolute atomic E-state index is 12.3. The summed E-state index contributed by atoms with van der Waals surface area (Å²) in [6.07, 6.45) is 1.05. The number of para-hydroxylation sites is 1. The summed E-state index contributed by atoms with van der Waals surface area (Å²) in [5, 5.41) is 11.6. The van der Waals surface area contributed by atoms with Crippen LogP contribution >= 0.6 is 0 Å². The van der Waals surface area contributed by atoms with Crippen molar-refractivity contribution in [1.29, 1.82) is 5.26 Å². The van der Waals surface area contributed by atoms with Crippen molar-refractivity contribution in [2.24, 2.45) is 0 Å². The van der Waals surface area contributed by atoms with Gasteiger partial charge in [0.05, 0.1) is 31.2 Å². The van der Waals surface area contributed by atoms with E-state index in [-0.39, 0.29) is 13.1 Å². The molecular weight excluding hydrogens is 354 g/mol. The van der Waals surface area contributed by atoms with E-state index in [1.807, 2.05) is 6.07 Å². The molecule has 1 N–H and O–H groups in total. The summed E-state index contributed by atoms with van der Waals surface area (Å²) in [6, 6.07) is 15.4. The highest BCUT2D eigenvalue weighted by Crippen LogP contribution is 2.16. The Morgan fingerprint density at radius 2 is 1.85 bits per heavy atom. The Kier molecular flexibility index (Phi) is 6.33. The van der Waals surface area contributed by atoms with Crippen LogP contribution in [0.3, 0.4) is 0 Å². The van der Waals surface area contributed by atoms with E-state index >= 15 is 0 Å². The predicted molar refractivity (Wildman–Crippen MR) is 98.0 cm³/mol. The van der Waals surface area contributed by atoms with Crippen LogP contribution in [-0.2, 0) is 21.4 Å². The van der Waals surface area contributed by atoms with Gasteiger partial charge in [-0.2, -0.15) is 9.57 Å². The second-order valence-electron chi connectivity index (χ2n) is 5.58. The normalized spacial score (nSPS) is 11.0. The highest BCUT2D eigenvalue weighted by Gasteiger charge is 2.21. The van der Waals surface area contributed by atoms with Crippen molar-refractivity contribution in [3.63, 3.8) is 0 Å². The average molecular weight is 373 g/mol. The van der Waals surface area contributed by atoms with Crippen LogP contribution in [0.5, 0.6) is 5.75 Å². The van der Waals surface area contributed by atoms with Crippen molar-refractivity contribution in [1.82, 2.24) is 4.31 Å². The van der Waals surface area contributed by atoms with Gasteiger partial charge in [0.15, 0.2) is 0 Å². The van der Waals surface area contributed by atoms with E-state index in [1.54, 1.807) is 55.6 Å². The van der Waals surface area contributed by atoms with E-state index in [4.69, 9.17) is 10.00 Å². The quantitative estimate of drug-likeness (QED) is 0.800. The van der Waals surface area contributed by atoms with Crippen LogP contribution in [0.15, 0.2) is 48.5 Å². The number of nitriles is 1. The summed E-state index contributed by atoms with van der Waals surface area (Å²) in [7, 11) is -2.06. The maximum Gasteiger partial charge on any atom is 0.239 e. The van der Waals surface area contributed by atoms with E-state index < -0.39 is 15.9 Å². The fourth-order valence-corrected chi connectivity index (χ4v) is 3.00. The molecule has 0 spiro atoms. The SMILES string of the molecule is COc1ccc(CN(CC(=O)Nc2ccccc2C#N)S(C)(=O)=O)cc1. The molecule has 0 aliphatic rings. The maximum atomic E-state index is 12.3. The Morgan fingerprint density at radius 3 is 2.42 bits per heavy atom. The molecule has 7 nitrogen and oxygen atoms in total. The molecule has 1 amide bonds. The molecular formula is C18H19N3O4S. The molecule has 0 saturated carbocycles. The number of anilines is 1. The van der Waals surface area contributed by atoms with Crippen LogP contribution in [0.25, 0.3) is 0 Å². The molecule has 0 aliphatic heterocycles. The van der Waals surface area contributed by atoms with Crippen LogP contribution in [0, 0.1) is 11.3 Å². The van der Waals surface area contributed by atoms with E-state index in [0.29, 0.717) is 17.0 Å². The minimum Gasteiger partial charge on any atom is -0.497 e. The number of ether oxygens (including phenoxy) is 1. The van der Waals surface area contributed by atoms with Gasteiger partial charge < -0.3 is 10.1 Å². The lowest BCUT2D eigenvalue weighted by molar-refractivity contribution is -0.116. The lowest BCUT2D eigenvalue weighted by atomic mass is 10.2. The van der Waals surface area contributed by atoms with Gasteiger partial charge >= 0.3 is 0 Å². The largest absolute Gasteiger partial charge is 0.497 e. The van der Waals surface area contributed by atoms with E-state index in [0.717, 1.165) is 16.1 Å². The second-order valence-corrected chi connectivity index (χ2v) is 7.57. The first-order valence-corrected chi connectivity index (χ1v) is 9.55. The first-order chi connectivity index (χ1) is 12.3. The molecule has 0 aromatic heterocycles. The fourth-order valence-electron chi connectivity index (χ4n) is 2.26. The van der Waals surface area contributed by atoms with Crippen LogP contribution in [0.1, 0.15) is 11.1 Å². The number of rotatable bonds is 7. The number of amides is 1. The molecule has 26 heavy (non-hydrogen) atoms. The third-order valence-electron chi connectivity index (χ3n) is 3.63. The first-order valence-electron chi connectivity index (χ1n) is 7.70. The third-order valence-corrected chi connectivity index (χ3v) is 4.82. The van der Waals surface area contributed by atoms with Crippen molar-refractivity contribution in [3.8, 4) is 11.8 Å². The summed E-state index contributed by atoms with van der Waals surface area (Å²) in [4.78, 5) is 12.3. The fraction of sp³-hybridized carbons (Fsp3) is 0.222. The van der Waals surface area contributed by atoms with E-state index in [2.05, 4.69) is 5.32 Å². The smallest absolute Gasteiger partial charge is 0.239 e. The number of hydrogen-bond acceptors (Lipinski definition) is 5. The van der Waals surface area contributed by atoms with Crippen molar-refractivity contribution < 1.29 is 17.9 Å². The van der Waals surface area contributed by atoms with Gasteiger partial charge in [-0.3, -0.25) is 4.79 Å². The van der Waals surface area contributed by atoms with Gasteiger partial charge in [0.2, 0.25) is 15.9 Å². The predicted octanol–water partition coefficient (Wildman–Crippen LogP) is 1.97. The molecule has 0 aliphatic carbocycles. The average Bonchev–Trinajstić information content (AvgIpc) is 2.61. The Morgan fingerprint density at radius 1 is 1.19 bits per heavy atom. The number of methoxy groups -OCH3 is 1. The van der Waals surface area contributed by atoms with Gasteiger partial charge in [-0.25, -0.2) is 8.42 Å². The van der Waals surface area contributed by atoms with Gasteiger partial charge in [0.1, 0.15) is 11.8 Å². The zero-order valence-corrected chi connectivity index (χ0v) is 15.3. The van der Waals surface area contributed by atoms with Crippen molar-refractivity contribution >= 4 is 21.6 Å². The van der Waals surface area contributed by atoms with Gasteiger partial charge in [-0.1, -0.05) is 24.3 Å². The lowest BCUT2D eigenvalue weighted by Gasteiger charge is -2.20. The van der Waals surface area contributed by atoms with Crippen molar-refractivity contribution in [2.45, 2.75) is 6.54 Å². The Labute approximate surface area is 152 Å². The minimum absolute atomic E-state index is 0.0517. The molecule has 0 unspecified atom stereocenters. The molecule has 8 heteroatoms.